The maximum atomic E-state index is 11.3. The zero-order chi connectivity index (χ0) is 9.90. The number of nitrogens with two attached hydrogens (primary N) is 1. The predicted octanol–water partition coefficient (Wildman–Crippen LogP) is 0.716. The maximum absolute atomic E-state index is 11.3. The van der Waals surface area contributed by atoms with E-state index in [0.29, 0.717) is 18.1 Å². The van der Waals surface area contributed by atoms with Crippen molar-refractivity contribution < 1.29 is 8.42 Å². The molecule has 0 spiro atoms. The fourth-order valence-electron chi connectivity index (χ4n) is 1.77. The molecule has 1 saturated heterocycles. The van der Waals surface area contributed by atoms with Gasteiger partial charge in [0.1, 0.15) is 0 Å². The van der Waals surface area contributed by atoms with Crippen molar-refractivity contribution in [1.82, 2.24) is 0 Å². The highest BCUT2D eigenvalue weighted by Gasteiger charge is 2.24. The molecule has 13 heavy (non-hydrogen) atoms. The molecule has 4 heteroatoms. The molecule has 0 bridgehead atoms. The average molecular weight is 203 g/mol. The minimum atomic E-state index is -2.77. The van der Waals surface area contributed by atoms with Gasteiger partial charge in [-0.15, -0.1) is 0 Å². The highest BCUT2D eigenvalue weighted by Crippen LogP contribution is 2.23. The van der Waals surface area contributed by atoms with Gasteiger partial charge in [0.15, 0.2) is 9.84 Å². The first kappa shape index (κ1) is 10.7. The summed E-state index contributed by atoms with van der Waals surface area (Å²) in [5.74, 6) is 0.944. The number of sulfone groups is 1. The largest absolute Gasteiger partial charge is 0.327 e. The topological polar surface area (TPSA) is 60.2 Å². The second-order valence-electron chi connectivity index (χ2n) is 3.78. The van der Waals surface area contributed by atoms with Gasteiger partial charge >= 0.3 is 0 Å². The third kappa shape index (κ3) is 3.48. The number of hydrogen-bond donors (Lipinski definition) is 1. The fourth-order valence-corrected chi connectivity index (χ4v) is 3.55. The van der Waals surface area contributed by atoms with E-state index < -0.39 is 9.84 Å². The minimum Gasteiger partial charge on any atom is -0.327 e. The zero-order valence-electron chi connectivity index (χ0n) is 7.83. The van der Waals surface area contributed by atoms with Gasteiger partial charge in [0.05, 0.1) is 11.5 Å². The highest BCUT2D eigenvalue weighted by atomic mass is 32.2. The third-order valence-corrected chi connectivity index (χ3v) is 4.31. The van der Waals surface area contributed by atoms with Crippen molar-refractivity contribution in [2.45, 2.75) is 19.3 Å². The third-order valence-electron chi connectivity index (χ3n) is 2.42. The molecule has 0 radical (unpaired) electrons. The first-order valence-corrected chi connectivity index (χ1v) is 6.43. The van der Waals surface area contributed by atoms with Gasteiger partial charge in [0.2, 0.25) is 0 Å². The lowest BCUT2D eigenvalue weighted by molar-refractivity contribution is 0.481. The summed E-state index contributed by atoms with van der Waals surface area (Å²) in [6, 6.07) is 0. The quantitative estimate of drug-likeness (QED) is 0.687. The molecule has 0 aromatic rings. The van der Waals surface area contributed by atoms with Gasteiger partial charge in [-0.25, -0.2) is 8.42 Å². The molecule has 1 unspecified atom stereocenters. The standard InChI is InChI=1S/C9H17NO2S/c1-8(6-10)5-9-3-2-4-13(11,12)7-9/h9H,1-7,10H2. The second kappa shape index (κ2) is 4.24. The summed E-state index contributed by atoms with van der Waals surface area (Å²) in [4.78, 5) is 0. The van der Waals surface area contributed by atoms with Gasteiger partial charge < -0.3 is 5.73 Å². The molecule has 1 rings (SSSR count). The van der Waals surface area contributed by atoms with Crippen molar-refractivity contribution >= 4 is 9.84 Å². The first-order valence-electron chi connectivity index (χ1n) is 4.60. The normalized spacial score (nSPS) is 27.0. The van der Waals surface area contributed by atoms with E-state index in [-0.39, 0.29) is 5.92 Å². The molecule has 2 N–H and O–H groups in total. The van der Waals surface area contributed by atoms with Crippen molar-refractivity contribution in [1.29, 1.82) is 0 Å². The Morgan fingerprint density at radius 2 is 2.23 bits per heavy atom. The molecule has 1 atom stereocenters. The molecule has 0 amide bonds. The van der Waals surface area contributed by atoms with Gasteiger partial charge in [-0.3, -0.25) is 0 Å². The van der Waals surface area contributed by atoms with E-state index in [1.807, 2.05) is 0 Å². The van der Waals surface area contributed by atoms with E-state index in [9.17, 15) is 8.42 Å². The molecular weight excluding hydrogens is 186 g/mol. The Morgan fingerprint density at radius 1 is 1.54 bits per heavy atom. The van der Waals surface area contributed by atoms with E-state index >= 15 is 0 Å². The SMILES string of the molecule is C=C(CN)CC1CCCS(=O)(=O)C1. The number of hydrogen-bond acceptors (Lipinski definition) is 3. The monoisotopic (exact) mass is 203 g/mol. The summed E-state index contributed by atoms with van der Waals surface area (Å²) < 4.78 is 22.5. The Hall–Kier alpha value is -0.350. The molecule has 76 valence electrons. The lowest BCUT2D eigenvalue weighted by atomic mass is 9.97. The van der Waals surface area contributed by atoms with Crippen molar-refractivity contribution in [3.05, 3.63) is 12.2 Å². The molecule has 0 aromatic heterocycles. The van der Waals surface area contributed by atoms with E-state index in [1.165, 1.54) is 0 Å². The van der Waals surface area contributed by atoms with Gasteiger partial charge in [-0.05, 0) is 25.2 Å². The molecule has 1 aliphatic rings. The maximum Gasteiger partial charge on any atom is 0.150 e. The summed E-state index contributed by atoms with van der Waals surface area (Å²) in [6.45, 7) is 4.26. The Morgan fingerprint density at radius 3 is 2.77 bits per heavy atom. The second-order valence-corrected chi connectivity index (χ2v) is 6.01. The van der Waals surface area contributed by atoms with Crippen LogP contribution in [0.4, 0.5) is 0 Å². The lowest BCUT2D eigenvalue weighted by Crippen LogP contribution is -2.26. The van der Waals surface area contributed by atoms with Crippen molar-refractivity contribution in [3.63, 3.8) is 0 Å². The van der Waals surface area contributed by atoms with Crippen LogP contribution in [0.2, 0.25) is 0 Å². The summed E-state index contributed by atoms with van der Waals surface area (Å²) >= 11 is 0. The molecule has 0 aromatic carbocycles. The summed E-state index contributed by atoms with van der Waals surface area (Å²) in [6.07, 6.45) is 2.57. The smallest absolute Gasteiger partial charge is 0.150 e. The molecule has 1 fully saturated rings. The van der Waals surface area contributed by atoms with Crippen LogP contribution in [0, 0.1) is 5.92 Å². The van der Waals surface area contributed by atoms with Gasteiger partial charge in [-0.2, -0.15) is 0 Å². The molecule has 1 aliphatic heterocycles. The van der Waals surface area contributed by atoms with E-state index in [1.54, 1.807) is 0 Å². The Labute approximate surface area is 79.9 Å². The molecular formula is C9H17NO2S. The number of rotatable bonds is 3. The van der Waals surface area contributed by atoms with Crippen LogP contribution in [0.3, 0.4) is 0 Å². The lowest BCUT2D eigenvalue weighted by Gasteiger charge is -2.22. The Kier molecular flexibility index (Phi) is 3.50. The fraction of sp³-hybridized carbons (Fsp3) is 0.778. The summed E-state index contributed by atoms with van der Waals surface area (Å²) in [7, 11) is -2.77. The van der Waals surface area contributed by atoms with Gasteiger partial charge in [-0.1, -0.05) is 12.2 Å². The van der Waals surface area contributed by atoms with Crippen molar-refractivity contribution in [2.75, 3.05) is 18.1 Å². The Balaban J connectivity index is 2.48. The van der Waals surface area contributed by atoms with Crippen LogP contribution in [0.15, 0.2) is 12.2 Å². The van der Waals surface area contributed by atoms with Crippen LogP contribution in [-0.4, -0.2) is 26.5 Å². The predicted molar refractivity (Wildman–Crippen MR) is 54.2 cm³/mol. The summed E-state index contributed by atoms with van der Waals surface area (Å²) in [5, 5.41) is 0. The van der Waals surface area contributed by atoms with Crippen LogP contribution in [0.25, 0.3) is 0 Å². The van der Waals surface area contributed by atoms with Crippen LogP contribution in [0.1, 0.15) is 19.3 Å². The van der Waals surface area contributed by atoms with Crippen LogP contribution in [0.5, 0.6) is 0 Å². The molecule has 0 aliphatic carbocycles. The molecule has 1 heterocycles. The van der Waals surface area contributed by atoms with Crippen molar-refractivity contribution in [2.24, 2.45) is 11.7 Å². The van der Waals surface area contributed by atoms with Gasteiger partial charge in [0, 0.05) is 6.54 Å². The zero-order valence-corrected chi connectivity index (χ0v) is 8.65. The molecule has 3 nitrogen and oxygen atoms in total. The van der Waals surface area contributed by atoms with E-state index in [2.05, 4.69) is 6.58 Å². The van der Waals surface area contributed by atoms with Crippen LogP contribution >= 0.6 is 0 Å². The minimum absolute atomic E-state index is 0.259. The van der Waals surface area contributed by atoms with Crippen LogP contribution in [-0.2, 0) is 9.84 Å². The van der Waals surface area contributed by atoms with Crippen LogP contribution < -0.4 is 5.73 Å². The first-order chi connectivity index (χ1) is 6.03. The Bertz CT molecular complexity index is 282. The van der Waals surface area contributed by atoms with E-state index in [4.69, 9.17) is 5.73 Å². The summed E-state index contributed by atoms with van der Waals surface area (Å²) in [5.41, 5.74) is 6.37. The van der Waals surface area contributed by atoms with E-state index in [0.717, 1.165) is 24.8 Å². The average Bonchev–Trinajstić information content (AvgIpc) is 2.02. The highest BCUT2D eigenvalue weighted by molar-refractivity contribution is 7.91. The van der Waals surface area contributed by atoms with Gasteiger partial charge in [0.25, 0.3) is 0 Å². The molecule has 0 saturated carbocycles. The van der Waals surface area contributed by atoms with Crippen molar-refractivity contribution in [3.8, 4) is 0 Å².